The molecule has 1 aliphatic heterocycles. The van der Waals surface area contributed by atoms with Crippen LogP contribution >= 0.6 is 0 Å². The maximum Gasteiger partial charge on any atom is 0.257 e. The van der Waals surface area contributed by atoms with E-state index in [4.69, 9.17) is 9.47 Å². The molecule has 0 unspecified atom stereocenters. The highest BCUT2D eigenvalue weighted by Crippen LogP contribution is 2.31. The second-order valence-electron chi connectivity index (χ2n) is 8.44. The molecule has 0 aliphatic carbocycles. The molecular weight excluding hydrogens is 420 g/mol. The van der Waals surface area contributed by atoms with Gasteiger partial charge in [0.25, 0.3) is 5.91 Å². The number of sulfonamides is 1. The minimum atomic E-state index is -3.80. The number of benzene rings is 1. The lowest BCUT2D eigenvalue weighted by atomic mass is 10.1. The fraction of sp³-hybridized carbons (Fsp3) is 0.524. The number of aromatic nitrogens is 2. The first-order valence-corrected chi connectivity index (χ1v) is 11.5. The molecule has 170 valence electrons. The Morgan fingerprint density at radius 3 is 2.23 bits per heavy atom. The number of hydrogen-bond donors (Lipinski definition) is 0. The largest absolute Gasteiger partial charge is 0.497 e. The fourth-order valence-corrected chi connectivity index (χ4v) is 5.32. The molecule has 9 nitrogen and oxygen atoms in total. The van der Waals surface area contributed by atoms with E-state index >= 15 is 0 Å². The average Bonchev–Trinajstić information content (AvgIpc) is 3.14. The van der Waals surface area contributed by atoms with Gasteiger partial charge in [0, 0.05) is 37.9 Å². The van der Waals surface area contributed by atoms with Gasteiger partial charge in [-0.1, -0.05) is 0 Å². The number of amides is 1. The molecule has 0 saturated carbocycles. The summed E-state index contributed by atoms with van der Waals surface area (Å²) in [4.78, 5) is 14.8. The summed E-state index contributed by atoms with van der Waals surface area (Å²) in [5.41, 5.74) is 1.11. The highest BCUT2D eigenvalue weighted by atomic mass is 32.2. The molecule has 1 aromatic carbocycles. The van der Waals surface area contributed by atoms with Gasteiger partial charge in [-0.15, -0.1) is 0 Å². The molecule has 3 rings (SSSR count). The Kier molecular flexibility index (Phi) is 6.33. The number of piperazine rings is 1. The van der Waals surface area contributed by atoms with Gasteiger partial charge in [0.15, 0.2) is 0 Å². The van der Waals surface area contributed by atoms with Gasteiger partial charge in [0.2, 0.25) is 10.0 Å². The molecule has 0 atom stereocenters. The molecule has 10 heteroatoms. The summed E-state index contributed by atoms with van der Waals surface area (Å²) in [6, 6.07) is 4.67. The number of hydrogen-bond acceptors (Lipinski definition) is 6. The van der Waals surface area contributed by atoms with E-state index < -0.39 is 10.0 Å². The predicted octanol–water partition coefficient (Wildman–Crippen LogP) is 2.11. The smallest absolute Gasteiger partial charge is 0.257 e. The minimum Gasteiger partial charge on any atom is -0.497 e. The summed E-state index contributed by atoms with van der Waals surface area (Å²) in [6.07, 6.45) is 1.59. The number of methoxy groups -OCH3 is 2. The Hall–Kier alpha value is -2.59. The molecule has 1 saturated heterocycles. The number of carbonyl (C=O) groups excluding carboxylic acids is 1. The van der Waals surface area contributed by atoms with E-state index in [0.29, 0.717) is 24.4 Å². The van der Waals surface area contributed by atoms with Crippen LogP contribution in [0.25, 0.3) is 0 Å². The van der Waals surface area contributed by atoms with Gasteiger partial charge in [-0.3, -0.25) is 9.48 Å². The van der Waals surface area contributed by atoms with Crippen LogP contribution < -0.4 is 9.47 Å². The van der Waals surface area contributed by atoms with Crippen molar-refractivity contribution < 1.29 is 22.7 Å². The molecule has 31 heavy (non-hydrogen) atoms. The van der Waals surface area contributed by atoms with Gasteiger partial charge in [0.1, 0.15) is 16.4 Å². The third kappa shape index (κ3) is 4.40. The van der Waals surface area contributed by atoms with Crippen molar-refractivity contribution in [2.24, 2.45) is 0 Å². The Morgan fingerprint density at radius 1 is 1.06 bits per heavy atom. The van der Waals surface area contributed by atoms with Gasteiger partial charge in [0.05, 0.1) is 31.5 Å². The Labute approximate surface area is 183 Å². The molecular formula is C21H30N4O5S. The summed E-state index contributed by atoms with van der Waals surface area (Å²) in [7, 11) is -0.894. The van der Waals surface area contributed by atoms with Crippen molar-refractivity contribution in [3.8, 4) is 11.5 Å². The first-order chi connectivity index (χ1) is 14.5. The van der Waals surface area contributed by atoms with Crippen LogP contribution in [0.3, 0.4) is 0 Å². The van der Waals surface area contributed by atoms with Crippen molar-refractivity contribution in [2.75, 3.05) is 40.4 Å². The van der Waals surface area contributed by atoms with Gasteiger partial charge >= 0.3 is 0 Å². The summed E-state index contributed by atoms with van der Waals surface area (Å²) in [6.45, 7) is 8.94. The highest BCUT2D eigenvalue weighted by molar-refractivity contribution is 7.89. The van der Waals surface area contributed by atoms with Crippen molar-refractivity contribution in [1.29, 1.82) is 0 Å². The lowest BCUT2D eigenvalue weighted by Crippen LogP contribution is -2.50. The molecule has 0 radical (unpaired) electrons. The third-order valence-corrected chi connectivity index (χ3v) is 7.31. The molecule has 1 fully saturated rings. The first-order valence-electron chi connectivity index (χ1n) is 10.1. The van der Waals surface area contributed by atoms with E-state index in [-0.39, 0.29) is 35.2 Å². The molecule has 1 amide bonds. The monoisotopic (exact) mass is 450 g/mol. The van der Waals surface area contributed by atoms with Crippen LogP contribution in [0.2, 0.25) is 0 Å². The molecule has 2 aromatic rings. The van der Waals surface area contributed by atoms with Crippen LogP contribution in [-0.4, -0.2) is 73.7 Å². The summed E-state index contributed by atoms with van der Waals surface area (Å²) in [5.74, 6) is 0.549. The van der Waals surface area contributed by atoms with Gasteiger partial charge in [-0.2, -0.15) is 9.40 Å². The quantitative estimate of drug-likeness (QED) is 0.693. The second-order valence-corrected chi connectivity index (χ2v) is 10.3. The van der Waals surface area contributed by atoms with Crippen molar-refractivity contribution in [3.63, 3.8) is 0 Å². The zero-order valence-corrected chi connectivity index (χ0v) is 19.7. The number of ether oxygens (including phenoxy) is 2. The summed E-state index contributed by atoms with van der Waals surface area (Å²) in [5, 5.41) is 4.37. The van der Waals surface area contributed by atoms with Crippen LogP contribution in [0, 0.1) is 6.92 Å². The zero-order valence-electron chi connectivity index (χ0n) is 18.9. The average molecular weight is 451 g/mol. The first kappa shape index (κ1) is 23.1. The van der Waals surface area contributed by atoms with Gasteiger partial charge in [-0.25, -0.2) is 8.42 Å². The molecule has 0 N–H and O–H groups in total. The van der Waals surface area contributed by atoms with Crippen molar-refractivity contribution in [2.45, 2.75) is 38.1 Å². The standard InChI is InChI=1S/C21H30N4O5S/c1-15-17(14-22-25(15)21(2,3)4)20(26)23-9-11-24(12-10-23)31(27,28)19-13-16(29-5)7-8-18(19)30-6/h7-8,13-14H,9-12H2,1-6H3. The van der Waals surface area contributed by atoms with Gasteiger partial charge in [-0.05, 0) is 39.8 Å². The van der Waals surface area contributed by atoms with Crippen LogP contribution in [0.5, 0.6) is 11.5 Å². The fourth-order valence-electron chi connectivity index (χ4n) is 3.72. The topological polar surface area (TPSA) is 94.0 Å². The van der Waals surface area contributed by atoms with E-state index in [9.17, 15) is 13.2 Å². The van der Waals surface area contributed by atoms with Crippen molar-refractivity contribution in [1.82, 2.24) is 19.0 Å². The number of rotatable bonds is 5. The van der Waals surface area contributed by atoms with Crippen molar-refractivity contribution >= 4 is 15.9 Å². The molecule has 1 aromatic heterocycles. The van der Waals surface area contributed by atoms with Crippen LogP contribution in [0.4, 0.5) is 0 Å². The molecule has 1 aliphatic rings. The Balaban J connectivity index is 1.77. The second kappa shape index (κ2) is 8.51. The summed E-state index contributed by atoms with van der Waals surface area (Å²) < 4.78 is 40.1. The third-order valence-electron chi connectivity index (χ3n) is 5.39. The lowest BCUT2D eigenvalue weighted by Gasteiger charge is -2.34. The summed E-state index contributed by atoms with van der Waals surface area (Å²) >= 11 is 0. The predicted molar refractivity (Wildman–Crippen MR) is 116 cm³/mol. The molecule has 2 heterocycles. The van der Waals surface area contributed by atoms with Crippen molar-refractivity contribution in [3.05, 3.63) is 35.7 Å². The van der Waals surface area contributed by atoms with E-state index in [0.717, 1.165) is 5.69 Å². The van der Waals surface area contributed by atoms with E-state index in [1.807, 2.05) is 32.4 Å². The van der Waals surface area contributed by atoms with Gasteiger partial charge < -0.3 is 14.4 Å². The maximum absolute atomic E-state index is 13.2. The maximum atomic E-state index is 13.2. The Morgan fingerprint density at radius 2 is 1.71 bits per heavy atom. The minimum absolute atomic E-state index is 0.0522. The number of carbonyl (C=O) groups is 1. The normalized spacial score (nSPS) is 15.7. The number of nitrogens with zero attached hydrogens (tertiary/aromatic N) is 4. The SMILES string of the molecule is COc1ccc(OC)c(S(=O)(=O)N2CCN(C(=O)c3cnn(C(C)(C)C)c3C)CC2)c1. The molecule has 0 spiro atoms. The van der Waals surface area contributed by atoms with E-state index in [1.165, 1.54) is 24.6 Å². The molecule has 0 bridgehead atoms. The lowest BCUT2D eigenvalue weighted by molar-refractivity contribution is 0.0696. The zero-order chi connectivity index (χ0) is 23.0. The van der Waals surface area contributed by atoms with Crippen LogP contribution in [0.15, 0.2) is 29.3 Å². The van der Waals surface area contributed by atoms with E-state index in [1.54, 1.807) is 23.2 Å². The van der Waals surface area contributed by atoms with Crippen LogP contribution in [-0.2, 0) is 15.6 Å². The van der Waals surface area contributed by atoms with E-state index in [2.05, 4.69) is 5.10 Å². The van der Waals surface area contributed by atoms with Crippen LogP contribution in [0.1, 0.15) is 36.8 Å². The highest BCUT2D eigenvalue weighted by Gasteiger charge is 2.33. The Bertz CT molecular complexity index is 1060.